The van der Waals surface area contributed by atoms with E-state index in [1.807, 2.05) is 77.6 Å². The van der Waals surface area contributed by atoms with Crippen LogP contribution < -0.4 is 10.6 Å². The normalized spacial score (nSPS) is 11.4. The van der Waals surface area contributed by atoms with E-state index in [1.54, 1.807) is 4.90 Å². The summed E-state index contributed by atoms with van der Waals surface area (Å²) in [6.07, 6.45) is 1.86. The van der Waals surface area contributed by atoms with Crippen LogP contribution >= 0.6 is 0 Å². The van der Waals surface area contributed by atoms with E-state index in [1.165, 1.54) is 0 Å². The van der Waals surface area contributed by atoms with Gasteiger partial charge >= 0.3 is 0 Å². The van der Waals surface area contributed by atoms with Crippen molar-refractivity contribution in [3.05, 3.63) is 70.9 Å². The molecule has 0 atom stereocenters. The number of aromatic nitrogens is 4. The molecule has 8 nitrogen and oxygen atoms in total. The van der Waals surface area contributed by atoms with Crippen molar-refractivity contribution < 1.29 is 4.79 Å². The van der Waals surface area contributed by atoms with Gasteiger partial charge in [0.05, 0.1) is 52.3 Å². The number of carbonyl (C=O) groups is 1. The first-order valence-corrected chi connectivity index (χ1v) is 12.7. The molecule has 3 aromatic heterocycles. The van der Waals surface area contributed by atoms with Gasteiger partial charge in [0.1, 0.15) is 5.82 Å². The maximum Gasteiger partial charge on any atom is 0.254 e. The number of imidazole rings is 1. The number of benzene rings is 1. The number of hydrogen-bond donors (Lipinski definition) is 2. The summed E-state index contributed by atoms with van der Waals surface area (Å²) in [6, 6.07) is 11.9. The van der Waals surface area contributed by atoms with E-state index in [0.717, 1.165) is 58.1 Å². The quantitative estimate of drug-likeness (QED) is 0.325. The van der Waals surface area contributed by atoms with Gasteiger partial charge in [-0.1, -0.05) is 25.5 Å². The van der Waals surface area contributed by atoms with E-state index >= 15 is 0 Å². The Kier molecular flexibility index (Phi) is 7.88. The molecule has 2 N–H and O–H groups in total. The van der Waals surface area contributed by atoms with Gasteiger partial charge in [-0.2, -0.15) is 0 Å². The number of nitrogens with zero attached hydrogens (tertiary/aromatic N) is 5. The number of anilines is 1. The highest BCUT2D eigenvalue weighted by atomic mass is 16.2. The summed E-state index contributed by atoms with van der Waals surface area (Å²) in [7, 11) is 5.77. The fraction of sp³-hybridized carbons (Fsp3) is 0.379. The number of nitrogens with one attached hydrogen (secondary N) is 2. The Morgan fingerprint density at radius 3 is 2.51 bits per heavy atom. The molecule has 4 aromatic rings. The number of fused-ring (bicyclic) bond motifs is 1. The minimum Gasteiger partial charge on any atom is -0.382 e. The highest BCUT2D eigenvalue weighted by Gasteiger charge is 2.20. The molecule has 0 aliphatic heterocycles. The van der Waals surface area contributed by atoms with Crippen molar-refractivity contribution in [3.8, 4) is 11.4 Å². The van der Waals surface area contributed by atoms with E-state index < -0.39 is 0 Å². The van der Waals surface area contributed by atoms with Crippen LogP contribution in [-0.2, 0) is 13.6 Å². The fourth-order valence-electron chi connectivity index (χ4n) is 4.53. The van der Waals surface area contributed by atoms with Crippen LogP contribution in [0.25, 0.3) is 22.3 Å². The lowest BCUT2D eigenvalue weighted by Gasteiger charge is -2.20. The Labute approximate surface area is 219 Å². The molecule has 0 unspecified atom stereocenters. The number of likely N-dealkylation sites (N-methyl/N-ethyl adjacent to an activating group) is 1. The van der Waals surface area contributed by atoms with Crippen LogP contribution in [0, 0.1) is 13.8 Å². The molecular weight excluding hydrogens is 462 g/mol. The molecule has 0 radical (unpaired) electrons. The Morgan fingerprint density at radius 2 is 1.84 bits per heavy atom. The molecule has 1 amide bonds. The summed E-state index contributed by atoms with van der Waals surface area (Å²) in [5, 5.41) is 7.37. The lowest BCUT2D eigenvalue weighted by atomic mass is 10.0. The van der Waals surface area contributed by atoms with Gasteiger partial charge in [-0.05, 0) is 51.2 Å². The largest absolute Gasteiger partial charge is 0.382 e. The zero-order valence-corrected chi connectivity index (χ0v) is 22.9. The number of carbonyl (C=O) groups excluding carboxylic acids is 1. The molecule has 0 fully saturated rings. The third kappa shape index (κ3) is 5.64. The van der Waals surface area contributed by atoms with Crippen molar-refractivity contribution in [2.75, 3.05) is 32.5 Å². The molecule has 1 aromatic carbocycles. The van der Waals surface area contributed by atoms with Crippen LogP contribution in [0.1, 0.15) is 52.9 Å². The number of amides is 1. The van der Waals surface area contributed by atoms with E-state index in [0.29, 0.717) is 23.7 Å². The number of pyridine rings is 2. The summed E-state index contributed by atoms with van der Waals surface area (Å²) >= 11 is 0. The van der Waals surface area contributed by atoms with Gasteiger partial charge in [0.25, 0.3) is 5.91 Å². The first-order chi connectivity index (χ1) is 17.7. The second kappa shape index (κ2) is 11.1. The van der Waals surface area contributed by atoms with Crippen LogP contribution in [0.3, 0.4) is 0 Å². The minimum absolute atomic E-state index is 0.0615. The van der Waals surface area contributed by atoms with Crippen LogP contribution in [0.2, 0.25) is 0 Å². The van der Waals surface area contributed by atoms with Gasteiger partial charge in [0.2, 0.25) is 0 Å². The molecule has 0 spiro atoms. The van der Waals surface area contributed by atoms with Crippen LogP contribution in [0.5, 0.6) is 0 Å². The molecule has 3 heterocycles. The molecule has 37 heavy (non-hydrogen) atoms. The SMILES string of the molecule is CNCCNc1ccc(-c2cc(C(=O)N(C)Cc3cnc(C(C)C)n3C)c3cc(C)ccc3n2)nc1C. The monoisotopic (exact) mass is 499 g/mol. The first-order valence-electron chi connectivity index (χ1n) is 12.7. The summed E-state index contributed by atoms with van der Waals surface area (Å²) in [5.74, 6) is 1.26. The van der Waals surface area contributed by atoms with Gasteiger partial charge in [-0.25, -0.2) is 15.0 Å². The summed E-state index contributed by atoms with van der Waals surface area (Å²) in [5.41, 5.74) is 6.77. The zero-order valence-electron chi connectivity index (χ0n) is 22.9. The summed E-state index contributed by atoms with van der Waals surface area (Å²) < 4.78 is 2.08. The average molecular weight is 500 g/mol. The smallest absolute Gasteiger partial charge is 0.254 e. The maximum absolute atomic E-state index is 13.8. The summed E-state index contributed by atoms with van der Waals surface area (Å²) in [6.45, 7) is 10.4. The number of rotatable bonds is 9. The van der Waals surface area contributed by atoms with Crippen molar-refractivity contribution in [2.24, 2.45) is 7.05 Å². The van der Waals surface area contributed by atoms with Crippen molar-refractivity contribution in [1.29, 1.82) is 0 Å². The Bertz CT molecular complexity index is 1420. The van der Waals surface area contributed by atoms with Crippen LogP contribution in [0.4, 0.5) is 5.69 Å². The second-order valence-electron chi connectivity index (χ2n) is 9.92. The average Bonchev–Trinajstić information content (AvgIpc) is 3.24. The lowest BCUT2D eigenvalue weighted by molar-refractivity contribution is 0.0784. The molecule has 0 saturated carbocycles. The maximum atomic E-state index is 13.8. The molecule has 0 aliphatic rings. The van der Waals surface area contributed by atoms with Crippen molar-refractivity contribution in [1.82, 2.24) is 29.7 Å². The predicted octanol–water partition coefficient (Wildman–Crippen LogP) is 4.67. The van der Waals surface area contributed by atoms with Crippen LogP contribution in [0.15, 0.2) is 42.6 Å². The lowest BCUT2D eigenvalue weighted by Crippen LogP contribution is -2.27. The van der Waals surface area contributed by atoms with Gasteiger partial charge in [-0.15, -0.1) is 0 Å². The zero-order chi connectivity index (χ0) is 26.7. The van der Waals surface area contributed by atoms with Crippen molar-refractivity contribution >= 4 is 22.5 Å². The Morgan fingerprint density at radius 1 is 1.05 bits per heavy atom. The molecule has 8 heteroatoms. The molecule has 0 aliphatic carbocycles. The molecule has 0 saturated heterocycles. The molecular formula is C29H37N7O. The van der Waals surface area contributed by atoms with E-state index in [4.69, 9.17) is 9.97 Å². The number of hydrogen-bond acceptors (Lipinski definition) is 6. The fourth-order valence-corrected chi connectivity index (χ4v) is 4.53. The van der Waals surface area contributed by atoms with E-state index in [2.05, 4.69) is 34.0 Å². The third-order valence-corrected chi connectivity index (χ3v) is 6.62. The topological polar surface area (TPSA) is 88.0 Å². The number of aryl methyl sites for hydroxylation is 2. The van der Waals surface area contributed by atoms with E-state index in [-0.39, 0.29) is 5.91 Å². The summed E-state index contributed by atoms with van der Waals surface area (Å²) in [4.78, 5) is 29.8. The predicted molar refractivity (Wildman–Crippen MR) is 150 cm³/mol. The molecule has 0 bridgehead atoms. The highest BCUT2D eigenvalue weighted by Crippen LogP contribution is 2.27. The van der Waals surface area contributed by atoms with Gasteiger partial charge in [0.15, 0.2) is 0 Å². The van der Waals surface area contributed by atoms with Gasteiger partial charge < -0.3 is 20.1 Å². The minimum atomic E-state index is -0.0615. The highest BCUT2D eigenvalue weighted by molar-refractivity contribution is 6.07. The van der Waals surface area contributed by atoms with Crippen molar-refractivity contribution in [2.45, 2.75) is 40.2 Å². The Hall–Kier alpha value is -3.78. The van der Waals surface area contributed by atoms with Gasteiger partial charge in [0, 0.05) is 38.5 Å². The van der Waals surface area contributed by atoms with E-state index in [9.17, 15) is 4.79 Å². The molecule has 4 rings (SSSR count). The van der Waals surface area contributed by atoms with Gasteiger partial charge in [-0.3, -0.25) is 4.79 Å². The van der Waals surface area contributed by atoms with Crippen molar-refractivity contribution in [3.63, 3.8) is 0 Å². The molecule has 194 valence electrons. The third-order valence-electron chi connectivity index (χ3n) is 6.62. The van der Waals surface area contributed by atoms with Crippen LogP contribution in [-0.4, -0.2) is 57.5 Å². The second-order valence-corrected chi connectivity index (χ2v) is 9.92. The standard InChI is InChI=1S/C29H37N7O/c1-18(2)28-32-16-21(36(28)7)17-35(6)29(37)23-15-27(34-25-9-8-19(3)14-22(23)25)26-11-10-24(20(4)33-26)31-13-12-30-5/h8-11,14-16,18,30-31H,12-13,17H2,1-7H3. The first kappa shape index (κ1) is 26.3. The Balaban J connectivity index is 1.70.